The van der Waals surface area contributed by atoms with Crippen LogP contribution in [0.3, 0.4) is 0 Å². The number of phenolic OH excluding ortho intramolecular Hbond substituents is 1. The number of aromatic carboxylic acids is 1. The molecule has 8 heteroatoms. The number of carboxylic acid groups (broad SMARTS) is 1. The van der Waals surface area contributed by atoms with Gasteiger partial charge in [-0.05, 0) is 18.2 Å². The van der Waals surface area contributed by atoms with Crippen LogP contribution < -0.4 is 10.6 Å². The summed E-state index contributed by atoms with van der Waals surface area (Å²) in [5.74, 6) is -1.43. The van der Waals surface area contributed by atoms with E-state index in [1.165, 1.54) is 12.1 Å². The number of benzene rings is 1. The second-order valence-electron chi connectivity index (χ2n) is 3.95. The highest BCUT2D eigenvalue weighted by Gasteiger charge is 2.13. The zero-order valence-electron chi connectivity index (χ0n) is 10.3. The first-order valence-electron chi connectivity index (χ1n) is 5.65. The number of urea groups is 1. The monoisotopic (exact) mass is 276 g/mol. The quantitative estimate of drug-likeness (QED) is 0.535. The molecule has 2 amide bonds. The summed E-state index contributed by atoms with van der Waals surface area (Å²) in [6, 6.07) is 3.11. The number of anilines is 1. The highest BCUT2D eigenvalue weighted by atomic mass is 16.4. The number of hydrogen-bond acceptors (Lipinski definition) is 4. The van der Waals surface area contributed by atoms with Gasteiger partial charge in [-0.15, -0.1) is 0 Å². The summed E-state index contributed by atoms with van der Waals surface area (Å²) in [5, 5.41) is 29.5. The van der Waals surface area contributed by atoms with E-state index in [1.807, 2.05) is 0 Å². The second kappa shape index (κ2) is 5.74. The smallest absolute Gasteiger partial charge is 0.337 e. The van der Waals surface area contributed by atoms with Crippen molar-refractivity contribution in [1.82, 2.24) is 15.5 Å². The molecule has 20 heavy (non-hydrogen) atoms. The number of nitrogens with one attached hydrogen (secondary N) is 3. The van der Waals surface area contributed by atoms with Gasteiger partial charge in [-0.2, -0.15) is 5.10 Å². The molecular weight excluding hydrogens is 264 g/mol. The van der Waals surface area contributed by atoms with Crippen LogP contribution >= 0.6 is 0 Å². The van der Waals surface area contributed by atoms with E-state index in [1.54, 1.807) is 12.4 Å². The van der Waals surface area contributed by atoms with E-state index in [0.717, 1.165) is 11.6 Å². The summed E-state index contributed by atoms with van der Waals surface area (Å²) >= 11 is 0. The van der Waals surface area contributed by atoms with Crippen molar-refractivity contribution in [1.29, 1.82) is 0 Å². The third kappa shape index (κ3) is 3.25. The molecule has 0 bridgehead atoms. The summed E-state index contributed by atoms with van der Waals surface area (Å²) in [7, 11) is 0. The van der Waals surface area contributed by atoms with Crippen molar-refractivity contribution < 1.29 is 19.8 Å². The number of phenols is 1. The van der Waals surface area contributed by atoms with E-state index in [0.29, 0.717) is 0 Å². The molecule has 1 aromatic heterocycles. The topological polar surface area (TPSA) is 127 Å². The number of aromatic nitrogens is 2. The zero-order valence-corrected chi connectivity index (χ0v) is 10.3. The molecule has 1 aromatic carbocycles. The summed E-state index contributed by atoms with van der Waals surface area (Å²) in [6.07, 6.45) is 3.19. The van der Waals surface area contributed by atoms with Gasteiger partial charge in [0.1, 0.15) is 5.75 Å². The van der Waals surface area contributed by atoms with E-state index in [2.05, 4.69) is 20.8 Å². The molecule has 0 atom stereocenters. The number of carboxylic acids is 1. The lowest BCUT2D eigenvalue weighted by Gasteiger charge is -2.09. The van der Waals surface area contributed by atoms with Crippen molar-refractivity contribution in [2.45, 2.75) is 6.54 Å². The van der Waals surface area contributed by atoms with Crippen molar-refractivity contribution in [3.63, 3.8) is 0 Å². The van der Waals surface area contributed by atoms with Crippen LogP contribution in [0.25, 0.3) is 0 Å². The summed E-state index contributed by atoms with van der Waals surface area (Å²) < 4.78 is 0. The molecule has 8 nitrogen and oxygen atoms in total. The number of aromatic hydroxyl groups is 1. The zero-order chi connectivity index (χ0) is 14.5. The standard InChI is InChI=1S/C12H12N4O4/c17-8-1-2-10(9(3-8)11(18)19)16-12(20)13-4-7-5-14-15-6-7/h1-3,5-6,17H,4H2,(H,14,15)(H,18,19)(H2,13,16,20). The molecule has 0 saturated heterocycles. The van der Waals surface area contributed by atoms with E-state index in [4.69, 9.17) is 5.11 Å². The van der Waals surface area contributed by atoms with Crippen molar-refractivity contribution in [2.24, 2.45) is 0 Å². The number of rotatable bonds is 4. The minimum absolute atomic E-state index is 0.0972. The SMILES string of the molecule is O=C(NCc1cn[nH]c1)Nc1ccc(O)cc1C(=O)O. The van der Waals surface area contributed by atoms with Crippen molar-refractivity contribution >= 4 is 17.7 Å². The van der Waals surface area contributed by atoms with Crippen LogP contribution in [-0.2, 0) is 6.54 Å². The van der Waals surface area contributed by atoms with E-state index in [9.17, 15) is 14.7 Å². The number of carbonyl (C=O) groups is 2. The minimum atomic E-state index is -1.24. The molecule has 2 aromatic rings. The predicted molar refractivity (Wildman–Crippen MR) is 69.5 cm³/mol. The Labute approximate surface area is 113 Å². The third-order valence-electron chi connectivity index (χ3n) is 2.49. The van der Waals surface area contributed by atoms with Gasteiger partial charge in [-0.3, -0.25) is 5.10 Å². The molecule has 1 heterocycles. The number of carbonyl (C=O) groups excluding carboxylic acids is 1. The second-order valence-corrected chi connectivity index (χ2v) is 3.95. The largest absolute Gasteiger partial charge is 0.508 e. The van der Waals surface area contributed by atoms with Gasteiger partial charge in [0.25, 0.3) is 0 Å². The Balaban J connectivity index is 2.02. The van der Waals surface area contributed by atoms with E-state index >= 15 is 0 Å². The summed E-state index contributed by atoms with van der Waals surface area (Å²) in [6.45, 7) is 0.253. The molecule has 2 rings (SSSR count). The van der Waals surface area contributed by atoms with Gasteiger partial charge in [-0.1, -0.05) is 0 Å². The van der Waals surface area contributed by atoms with Gasteiger partial charge in [0, 0.05) is 18.3 Å². The molecule has 0 fully saturated rings. The molecule has 0 aliphatic rings. The first-order valence-corrected chi connectivity index (χ1v) is 5.65. The molecule has 0 saturated carbocycles. The predicted octanol–water partition coefficient (Wildman–Crippen LogP) is 1.14. The maximum Gasteiger partial charge on any atom is 0.337 e. The summed E-state index contributed by atoms with van der Waals surface area (Å²) in [4.78, 5) is 22.7. The Bertz CT molecular complexity index is 624. The fourth-order valence-electron chi connectivity index (χ4n) is 1.54. The molecule has 104 valence electrons. The van der Waals surface area contributed by atoms with Gasteiger partial charge < -0.3 is 20.8 Å². The molecule has 5 N–H and O–H groups in total. The molecule has 0 aliphatic heterocycles. The highest BCUT2D eigenvalue weighted by Crippen LogP contribution is 2.21. The Hall–Kier alpha value is -3.03. The Morgan fingerprint density at radius 1 is 1.35 bits per heavy atom. The lowest BCUT2D eigenvalue weighted by molar-refractivity contribution is 0.0697. The van der Waals surface area contributed by atoms with Crippen LogP contribution in [0.2, 0.25) is 0 Å². The van der Waals surface area contributed by atoms with Gasteiger partial charge in [0.15, 0.2) is 0 Å². The third-order valence-corrected chi connectivity index (χ3v) is 2.49. The van der Waals surface area contributed by atoms with Gasteiger partial charge >= 0.3 is 12.0 Å². The van der Waals surface area contributed by atoms with Crippen LogP contribution in [0.15, 0.2) is 30.6 Å². The van der Waals surface area contributed by atoms with Crippen LogP contribution in [0.1, 0.15) is 15.9 Å². The minimum Gasteiger partial charge on any atom is -0.508 e. The Kier molecular flexibility index (Phi) is 3.85. The number of H-pyrrole nitrogens is 1. The van der Waals surface area contributed by atoms with Crippen LogP contribution in [0, 0.1) is 0 Å². The normalized spacial score (nSPS) is 10.0. The average molecular weight is 276 g/mol. The van der Waals surface area contributed by atoms with Gasteiger partial charge in [0.2, 0.25) is 0 Å². The van der Waals surface area contributed by atoms with Crippen LogP contribution in [0.5, 0.6) is 5.75 Å². The average Bonchev–Trinajstić information content (AvgIpc) is 2.91. The van der Waals surface area contributed by atoms with Crippen molar-refractivity contribution in [3.8, 4) is 5.75 Å². The number of nitrogens with zero attached hydrogens (tertiary/aromatic N) is 1. The number of aromatic amines is 1. The van der Waals surface area contributed by atoms with Gasteiger partial charge in [0.05, 0.1) is 17.4 Å². The van der Waals surface area contributed by atoms with E-state index < -0.39 is 12.0 Å². The maximum absolute atomic E-state index is 11.7. The first kappa shape index (κ1) is 13.4. The molecule has 0 spiro atoms. The first-order chi connectivity index (χ1) is 9.56. The Morgan fingerprint density at radius 3 is 2.80 bits per heavy atom. The molecular formula is C12H12N4O4. The molecule has 0 radical (unpaired) electrons. The highest BCUT2D eigenvalue weighted by molar-refractivity contribution is 6.00. The van der Waals surface area contributed by atoms with E-state index in [-0.39, 0.29) is 23.5 Å². The van der Waals surface area contributed by atoms with Crippen molar-refractivity contribution in [2.75, 3.05) is 5.32 Å². The molecule has 0 unspecified atom stereocenters. The Morgan fingerprint density at radius 2 is 2.15 bits per heavy atom. The van der Waals surface area contributed by atoms with Crippen molar-refractivity contribution in [3.05, 3.63) is 41.7 Å². The number of hydrogen-bond donors (Lipinski definition) is 5. The number of amides is 2. The van der Waals surface area contributed by atoms with Crippen LogP contribution in [0.4, 0.5) is 10.5 Å². The van der Waals surface area contributed by atoms with Crippen LogP contribution in [-0.4, -0.2) is 32.4 Å². The fourth-order valence-corrected chi connectivity index (χ4v) is 1.54. The van der Waals surface area contributed by atoms with Gasteiger partial charge in [-0.25, -0.2) is 9.59 Å². The molecule has 0 aliphatic carbocycles. The lowest BCUT2D eigenvalue weighted by Crippen LogP contribution is -2.28. The lowest BCUT2D eigenvalue weighted by atomic mass is 10.1. The maximum atomic E-state index is 11.7. The fraction of sp³-hybridized carbons (Fsp3) is 0.0833. The summed E-state index contributed by atoms with van der Waals surface area (Å²) in [5.41, 5.74) is 0.688.